The largest absolute Gasteiger partial charge is 0.424 e. The van der Waals surface area contributed by atoms with E-state index in [2.05, 4.69) is 0 Å². The van der Waals surface area contributed by atoms with E-state index >= 15 is 0 Å². The van der Waals surface area contributed by atoms with Crippen LogP contribution in [-0.2, 0) is 6.18 Å². The highest BCUT2D eigenvalue weighted by molar-refractivity contribution is 6.35. The van der Waals surface area contributed by atoms with Crippen molar-refractivity contribution >= 4 is 23.1 Å². The van der Waals surface area contributed by atoms with Gasteiger partial charge in [0, 0.05) is 11.6 Å². The third-order valence-electron chi connectivity index (χ3n) is 1.98. The number of Topliss-reactive ketones (excluding diaryl/α,β-unsaturated/α-hetero) is 1. The minimum atomic E-state index is -5.00. The Hall–Kier alpha value is -1.63. The van der Waals surface area contributed by atoms with Crippen LogP contribution in [0.25, 0.3) is 0 Å². The fraction of sp³-hybridized carbons (Fsp3) is 0.222. The molecule has 1 rings (SSSR count). The molecule has 0 bridgehead atoms. The summed E-state index contributed by atoms with van der Waals surface area (Å²) < 4.78 is 37.8. The van der Waals surface area contributed by atoms with Crippen LogP contribution in [0.3, 0.4) is 0 Å². The van der Waals surface area contributed by atoms with Gasteiger partial charge < -0.3 is 0 Å². The average molecular weight is 268 g/mol. The summed E-state index contributed by atoms with van der Waals surface area (Å²) in [5.74, 6) is -0.699. The SMILES string of the molecule is CC(=O)c1ccc([N+](=O)[O-])c(C(F)(F)F)c1Cl. The average Bonchev–Trinajstić information content (AvgIpc) is 2.14. The zero-order chi connectivity index (χ0) is 13.4. The lowest BCUT2D eigenvalue weighted by Crippen LogP contribution is -2.12. The van der Waals surface area contributed by atoms with Crippen LogP contribution in [0.15, 0.2) is 12.1 Å². The first kappa shape index (κ1) is 13.4. The highest BCUT2D eigenvalue weighted by Crippen LogP contribution is 2.42. The lowest BCUT2D eigenvalue weighted by atomic mass is 10.1. The van der Waals surface area contributed by atoms with Crippen molar-refractivity contribution in [3.63, 3.8) is 0 Å². The Morgan fingerprint density at radius 1 is 1.41 bits per heavy atom. The molecule has 92 valence electrons. The van der Waals surface area contributed by atoms with E-state index in [9.17, 15) is 28.1 Å². The fourth-order valence-corrected chi connectivity index (χ4v) is 1.66. The number of halogens is 4. The predicted octanol–water partition coefficient (Wildman–Crippen LogP) is 3.47. The molecular weight excluding hydrogens is 263 g/mol. The maximum Gasteiger partial charge on any atom is 0.424 e. The van der Waals surface area contributed by atoms with Gasteiger partial charge in [-0.3, -0.25) is 14.9 Å². The first-order valence-electron chi connectivity index (χ1n) is 4.21. The fourth-order valence-electron chi connectivity index (χ4n) is 1.26. The Kier molecular flexibility index (Phi) is 3.42. The molecule has 8 heteroatoms. The van der Waals surface area contributed by atoms with Gasteiger partial charge in [-0.25, -0.2) is 0 Å². The van der Waals surface area contributed by atoms with Gasteiger partial charge in [0.15, 0.2) is 11.3 Å². The van der Waals surface area contributed by atoms with Gasteiger partial charge in [0.25, 0.3) is 5.69 Å². The molecule has 0 radical (unpaired) electrons. The molecule has 17 heavy (non-hydrogen) atoms. The summed E-state index contributed by atoms with van der Waals surface area (Å²) in [6.45, 7) is 1.02. The molecule has 0 aliphatic heterocycles. The van der Waals surface area contributed by atoms with Crippen molar-refractivity contribution in [1.82, 2.24) is 0 Å². The van der Waals surface area contributed by atoms with Crippen molar-refractivity contribution in [2.75, 3.05) is 0 Å². The van der Waals surface area contributed by atoms with Crippen LogP contribution < -0.4 is 0 Å². The van der Waals surface area contributed by atoms with Crippen LogP contribution in [0.1, 0.15) is 22.8 Å². The van der Waals surface area contributed by atoms with E-state index < -0.39 is 38.7 Å². The Labute approximate surface area is 98.1 Å². The van der Waals surface area contributed by atoms with E-state index in [0.29, 0.717) is 6.07 Å². The first-order valence-corrected chi connectivity index (χ1v) is 4.59. The summed E-state index contributed by atoms with van der Waals surface area (Å²) in [5, 5.41) is 9.52. The molecule has 0 aromatic heterocycles. The number of nitro benzene ring substituents is 1. The highest BCUT2D eigenvalue weighted by atomic mass is 35.5. The number of hydrogen-bond acceptors (Lipinski definition) is 3. The van der Waals surface area contributed by atoms with Gasteiger partial charge in [-0.05, 0) is 13.0 Å². The van der Waals surface area contributed by atoms with Crippen molar-refractivity contribution in [3.8, 4) is 0 Å². The molecule has 1 aromatic carbocycles. The van der Waals surface area contributed by atoms with E-state index in [1.54, 1.807) is 0 Å². The Morgan fingerprint density at radius 2 is 1.94 bits per heavy atom. The molecule has 0 atom stereocenters. The molecule has 0 saturated heterocycles. The van der Waals surface area contributed by atoms with E-state index in [0.717, 1.165) is 13.0 Å². The molecule has 0 spiro atoms. The maximum absolute atomic E-state index is 12.6. The molecule has 0 heterocycles. The lowest BCUT2D eigenvalue weighted by Gasteiger charge is -2.11. The second kappa shape index (κ2) is 4.33. The number of hydrogen-bond donors (Lipinski definition) is 0. The predicted molar refractivity (Wildman–Crippen MR) is 53.1 cm³/mol. The number of nitro groups is 1. The molecule has 1 aromatic rings. The second-order valence-corrected chi connectivity index (χ2v) is 3.51. The summed E-state index contributed by atoms with van der Waals surface area (Å²) in [5.41, 5.74) is -3.17. The van der Waals surface area contributed by atoms with Gasteiger partial charge in [-0.2, -0.15) is 13.2 Å². The van der Waals surface area contributed by atoms with Gasteiger partial charge in [0.1, 0.15) is 0 Å². The molecule has 0 aliphatic carbocycles. The molecule has 0 fully saturated rings. The van der Waals surface area contributed by atoms with Gasteiger partial charge in [-0.15, -0.1) is 0 Å². The summed E-state index contributed by atoms with van der Waals surface area (Å²) >= 11 is 5.39. The van der Waals surface area contributed by atoms with Gasteiger partial charge in [-0.1, -0.05) is 11.6 Å². The second-order valence-electron chi connectivity index (χ2n) is 3.13. The molecule has 0 N–H and O–H groups in total. The number of alkyl halides is 3. The van der Waals surface area contributed by atoms with Crippen LogP contribution >= 0.6 is 11.6 Å². The van der Waals surface area contributed by atoms with Crippen molar-refractivity contribution < 1.29 is 22.9 Å². The Morgan fingerprint density at radius 3 is 2.29 bits per heavy atom. The third-order valence-corrected chi connectivity index (χ3v) is 2.37. The van der Waals surface area contributed by atoms with Gasteiger partial charge in [0.2, 0.25) is 0 Å². The normalized spacial score (nSPS) is 11.4. The minimum Gasteiger partial charge on any atom is -0.294 e. The van der Waals surface area contributed by atoms with Crippen LogP contribution in [0.2, 0.25) is 5.02 Å². The van der Waals surface area contributed by atoms with E-state index in [1.165, 1.54) is 0 Å². The van der Waals surface area contributed by atoms with Crippen LogP contribution in [0.5, 0.6) is 0 Å². The zero-order valence-corrected chi connectivity index (χ0v) is 9.09. The van der Waals surface area contributed by atoms with Gasteiger partial charge >= 0.3 is 6.18 Å². The minimum absolute atomic E-state index is 0.399. The van der Waals surface area contributed by atoms with Crippen molar-refractivity contribution in [1.29, 1.82) is 0 Å². The number of ketones is 1. The first-order chi connectivity index (χ1) is 7.66. The van der Waals surface area contributed by atoms with Crippen LogP contribution in [0, 0.1) is 10.1 Å². The number of carbonyl (C=O) groups excluding carboxylic acids is 1. The Balaban J connectivity index is 3.65. The lowest BCUT2D eigenvalue weighted by molar-refractivity contribution is -0.388. The topological polar surface area (TPSA) is 60.2 Å². The maximum atomic E-state index is 12.6. The monoisotopic (exact) mass is 267 g/mol. The molecule has 4 nitrogen and oxygen atoms in total. The van der Waals surface area contributed by atoms with Crippen LogP contribution in [0.4, 0.5) is 18.9 Å². The molecule has 0 aliphatic rings. The van der Waals surface area contributed by atoms with Crippen molar-refractivity contribution in [2.24, 2.45) is 0 Å². The van der Waals surface area contributed by atoms with E-state index in [-0.39, 0.29) is 0 Å². The summed E-state index contributed by atoms with van der Waals surface area (Å²) in [6, 6.07) is 1.52. The van der Waals surface area contributed by atoms with Crippen LogP contribution in [-0.4, -0.2) is 10.7 Å². The molecule has 0 amide bonds. The smallest absolute Gasteiger partial charge is 0.294 e. The zero-order valence-electron chi connectivity index (χ0n) is 8.34. The number of carbonyl (C=O) groups is 1. The number of nitrogens with zero attached hydrogens (tertiary/aromatic N) is 1. The summed E-state index contributed by atoms with van der Waals surface area (Å²) in [7, 11) is 0. The third kappa shape index (κ3) is 2.55. The quantitative estimate of drug-likeness (QED) is 0.468. The van der Waals surface area contributed by atoms with E-state index in [1.807, 2.05) is 0 Å². The number of benzene rings is 1. The van der Waals surface area contributed by atoms with Gasteiger partial charge in [0.05, 0.1) is 9.95 Å². The van der Waals surface area contributed by atoms with Crippen molar-refractivity contribution in [2.45, 2.75) is 13.1 Å². The summed E-state index contributed by atoms with van der Waals surface area (Å²) in [4.78, 5) is 20.3. The molecular formula is C9H5ClF3NO3. The number of rotatable bonds is 2. The molecule has 0 saturated carbocycles. The standard InChI is InChI=1S/C9H5ClF3NO3/c1-4(15)5-2-3-6(14(16)17)7(8(5)10)9(11,12)13/h2-3H,1H3. The highest BCUT2D eigenvalue weighted by Gasteiger charge is 2.42. The van der Waals surface area contributed by atoms with E-state index in [4.69, 9.17) is 11.6 Å². The van der Waals surface area contributed by atoms with Crippen molar-refractivity contribution in [3.05, 3.63) is 38.4 Å². The summed E-state index contributed by atoms with van der Waals surface area (Å²) in [6.07, 6.45) is -5.00. The molecule has 0 unspecified atom stereocenters. The Bertz CT molecular complexity index is 499.